The van der Waals surface area contributed by atoms with Crippen molar-refractivity contribution < 1.29 is 17.6 Å². The van der Waals surface area contributed by atoms with Gasteiger partial charge in [0.15, 0.2) is 11.6 Å². The molecule has 0 bridgehead atoms. The van der Waals surface area contributed by atoms with Gasteiger partial charge in [0.2, 0.25) is 0 Å². The van der Waals surface area contributed by atoms with E-state index in [1.54, 1.807) is 6.07 Å². The average molecular weight is 245 g/mol. The molecule has 0 saturated carbocycles. The van der Waals surface area contributed by atoms with E-state index in [2.05, 4.69) is 0 Å². The normalized spacial score (nSPS) is 11.1. The lowest BCUT2D eigenvalue weighted by Crippen LogP contribution is -2.26. The summed E-state index contributed by atoms with van der Waals surface area (Å²) >= 11 is 0. The molecule has 1 aromatic carbocycles. The van der Waals surface area contributed by atoms with Crippen LogP contribution >= 0.6 is 0 Å². The second-order valence-electron chi connectivity index (χ2n) is 3.16. The Labute approximate surface area is 96.0 Å². The number of benzene rings is 1. The molecule has 0 aromatic heterocycles. The maximum absolute atomic E-state index is 13.0. The van der Waals surface area contributed by atoms with Crippen molar-refractivity contribution in [2.75, 3.05) is 13.2 Å². The van der Waals surface area contributed by atoms with Gasteiger partial charge >= 0.3 is 9.28 Å². The fraction of sp³-hybridized carbons (Fsp3) is 0.455. The number of hydrogen-bond donors (Lipinski definition) is 0. The van der Waals surface area contributed by atoms with Crippen molar-refractivity contribution in [2.24, 2.45) is 0 Å². The van der Waals surface area contributed by atoms with Crippen LogP contribution in [-0.4, -0.2) is 22.5 Å². The quantitative estimate of drug-likeness (QED) is 0.717. The Balaban J connectivity index is 2.65. The summed E-state index contributed by atoms with van der Waals surface area (Å²) in [5.41, 5.74) is 0.703. The van der Waals surface area contributed by atoms with E-state index in [1.807, 2.05) is 13.8 Å². The maximum atomic E-state index is 13.0. The first kappa shape index (κ1) is 13.3. The molecule has 0 aliphatic rings. The Bertz CT molecular complexity index is 328. The minimum atomic E-state index is -1.42. The topological polar surface area (TPSA) is 18.5 Å². The number of hydrogen-bond acceptors (Lipinski definition) is 2. The molecule has 0 saturated heterocycles. The average Bonchev–Trinajstić information content (AvgIpc) is 2.24. The monoisotopic (exact) mass is 245 g/mol. The van der Waals surface area contributed by atoms with Crippen molar-refractivity contribution >= 4 is 9.28 Å². The third-order valence-electron chi connectivity index (χ3n) is 1.94. The highest BCUT2D eigenvalue weighted by Gasteiger charge is 2.16. The molecule has 0 fully saturated rings. The van der Waals surface area contributed by atoms with Gasteiger partial charge in [-0.3, -0.25) is 0 Å². The van der Waals surface area contributed by atoms with E-state index < -0.39 is 20.9 Å². The van der Waals surface area contributed by atoms with Gasteiger partial charge in [0.05, 0.1) is 0 Å². The second kappa shape index (κ2) is 6.73. The Morgan fingerprint density at radius 1 is 1.06 bits per heavy atom. The van der Waals surface area contributed by atoms with Crippen molar-refractivity contribution in [3.8, 4) is 0 Å². The highest BCUT2D eigenvalue weighted by molar-refractivity contribution is 6.43. The highest BCUT2D eigenvalue weighted by atomic mass is 28.3. The smallest absolute Gasteiger partial charge is 0.389 e. The molecule has 89 valence electrons. The zero-order valence-electron chi connectivity index (χ0n) is 9.43. The van der Waals surface area contributed by atoms with Gasteiger partial charge in [-0.2, -0.15) is 0 Å². The Morgan fingerprint density at radius 3 is 2.19 bits per heavy atom. The molecule has 2 nitrogen and oxygen atoms in total. The van der Waals surface area contributed by atoms with Crippen molar-refractivity contribution in [1.82, 2.24) is 0 Å². The fourth-order valence-electron chi connectivity index (χ4n) is 1.28. The van der Waals surface area contributed by atoms with Crippen LogP contribution in [0.5, 0.6) is 0 Å². The third kappa shape index (κ3) is 4.00. The molecule has 0 unspecified atom stereocenters. The molecule has 16 heavy (non-hydrogen) atoms. The van der Waals surface area contributed by atoms with Gasteiger partial charge in [0.1, 0.15) is 0 Å². The molecule has 0 aliphatic heterocycles. The van der Waals surface area contributed by atoms with E-state index in [0.29, 0.717) is 24.8 Å². The van der Waals surface area contributed by atoms with E-state index in [1.165, 1.54) is 6.07 Å². The van der Waals surface area contributed by atoms with Crippen LogP contribution in [0.2, 0.25) is 0 Å². The highest BCUT2D eigenvalue weighted by Crippen LogP contribution is 2.11. The lowest BCUT2D eigenvalue weighted by molar-refractivity contribution is 0.213. The Hall–Kier alpha value is -0.783. The molecule has 0 N–H and O–H groups in total. The minimum absolute atomic E-state index is 0.517. The van der Waals surface area contributed by atoms with Crippen LogP contribution in [0.1, 0.15) is 19.4 Å². The van der Waals surface area contributed by atoms with Gasteiger partial charge in [-0.15, -0.1) is 0 Å². The summed E-state index contributed by atoms with van der Waals surface area (Å²) in [6.07, 6.45) is 0. The summed E-state index contributed by atoms with van der Waals surface area (Å²) in [6, 6.07) is 4.39. The van der Waals surface area contributed by atoms with E-state index in [0.717, 1.165) is 6.07 Å². The molecule has 1 rings (SSSR count). The molecule has 0 spiro atoms. The van der Waals surface area contributed by atoms with Gasteiger partial charge in [-0.25, -0.2) is 8.78 Å². The Kier molecular flexibility index (Phi) is 5.58. The van der Waals surface area contributed by atoms with E-state index in [9.17, 15) is 8.78 Å². The first-order valence-electron chi connectivity index (χ1n) is 5.22. The molecule has 0 aliphatic carbocycles. The Morgan fingerprint density at radius 2 is 1.69 bits per heavy atom. The van der Waals surface area contributed by atoms with Crippen molar-refractivity contribution in [3.05, 3.63) is 35.4 Å². The predicted octanol–water partition coefficient (Wildman–Crippen LogP) is 2.61. The van der Waals surface area contributed by atoms with Crippen LogP contribution in [-0.2, 0) is 14.9 Å². The first-order valence-corrected chi connectivity index (χ1v) is 6.75. The van der Waals surface area contributed by atoms with E-state index in [4.69, 9.17) is 8.85 Å². The van der Waals surface area contributed by atoms with Crippen molar-refractivity contribution in [1.29, 1.82) is 0 Å². The maximum Gasteiger partial charge on any atom is 0.389 e. The van der Waals surface area contributed by atoms with Gasteiger partial charge < -0.3 is 8.85 Å². The van der Waals surface area contributed by atoms with Gasteiger partial charge in [0, 0.05) is 19.3 Å². The molecule has 0 atom stereocenters. The zero-order valence-corrected chi connectivity index (χ0v) is 10.4. The molecule has 5 heteroatoms. The number of halogens is 2. The fourth-order valence-corrected chi connectivity index (χ4v) is 2.77. The van der Waals surface area contributed by atoms with Gasteiger partial charge in [0.25, 0.3) is 0 Å². The van der Waals surface area contributed by atoms with E-state index >= 15 is 0 Å². The molecule has 0 amide bonds. The largest absolute Gasteiger partial charge is 0.393 e. The standard InChI is InChI=1S/C11H15F2O2Si/c1-3-14-16(15-4-2)8-9-5-6-10(12)11(13)7-9/h5-7H,3-4,8H2,1-2H3. The SMILES string of the molecule is CCO[Si](Cc1ccc(F)c(F)c1)OCC. The van der Waals surface area contributed by atoms with E-state index in [-0.39, 0.29) is 0 Å². The molecule has 0 heterocycles. The summed E-state index contributed by atoms with van der Waals surface area (Å²) in [6.45, 7) is 4.90. The van der Waals surface area contributed by atoms with Crippen LogP contribution in [0.25, 0.3) is 0 Å². The third-order valence-corrected chi connectivity index (χ3v) is 3.86. The van der Waals surface area contributed by atoms with Crippen LogP contribution in [0.15, 0.2) is 18.2 Å². The molecular weight excluding hydrogens is 230 g/mol. The first-order chi connectivity index (χ1) is 7.67. The predicted molar refractivity (Wildman–Crippen MR) is 59.1 cm³/mol. The second-order valence-corrected chi connectivity index (χ2v) is 4.84. The van der Waals surface area contributed by atoms with Crippen molar-refractivity contribution in [3.63, 3.8) is 0 Å². The minimum Gasteiger partial charge on any atom is -0.393 e. The van der Waals surface area contributed by atoms with Crippen molar-refractivity contribution in [2.45, 2.75) is 19.9 Å². The van der Waals surface area contributed by atoms with Crippen LogP contribution in [0, 0.1) is 11.6 Å². The lowest BCUT2D eigenvalue weighted by Gasteiger charge is -2.13. The number of rotatable bonds is 6. The summed E-state index contributed by atoms with van der Waals surface area (Å²) in [5.74, 6) is -1.66. The molecule has 1 radical (unpaired) electrons. The summed E-state index contributed by atoms with van der Waals surface area (Å²) < 4.78 is 36.5. The molecule has 1 aromatic rings. The van der Waals surface area contributed by atoms with Gasteiger partial charge in [-0.1, -0.05) is 6.07 Å². The summed E-state index contributed by atoms with van der Waals surface area (Å²) in [5, 5.41) is 0. The summed E-state index contributed by atoms with van der Waals surface area (Å²) in [7, 11) is -1.42. The van der Waals surface area contributed by atoms with Crippen LogP contribution in [0.4, 0.5) is 8.78 Å². The van der Waals surface area contributed by atoms with Gasteiger partial charge in [-0.05, 0) is 31.5 Å². The van der Waals surface area contributed by atoms with Crippen LogP contribution in [0.3, 0.4) is 0 Å². The van der Waals surface area contributed by atoms with Crippen LogP contribution < -0.4 is 0 Å². The zero-order chi connectivity index (χ0) is 12.0. The molecular formula is C11H15F2O2Si. The summed E-state index contributed by atoms with van der Waals surface area (Å²) in [4.78, 5) is 0. The lowest BCUT2D eigenvalue weighted by atomic mass is 10.2.